The molecule has 0 aliphatic carbocycles. The molecule has 0 unspecified atom stereocenters. The van der Waals surface area contributed by atoms with Gasteiger partial charge in [0.05, 0.1) is 12.8 Å². The number of benzene rings is 2. The van der Waals surface area contributed by atoms with Gasteiger partial charge in [-0.15, -0.1) is 5.11 Å². The third kappa shape index (κ3) is 2.92. The number of carbonyl (C=O) groups is 1. The molecule has 0 aliphatic rings. The lowest BCUT2D eigenvalue weighted by molar-refractivity contribution is 0.0597. The fraction of sp³-hybridized carbons (Fsp3) is 0.0714. The molecule has 0 saturated carbocycles. The van der Waals surface area contributed by atoms with E-state index >= 15 is 0 Å². The maximum Gasteiger partial charge on any atom is 0.341 e. The fourth-order valence-corrected chi connectivity index (χ4v) is 1.52. The molecule has 6 heteroatoms. The smallest absolute Gasteiger partial charge is 0.341 e. The van der Waals surface area contributed by atoms with E-state index in [1.54, 1.807) is 18.2 Å². The molecule has 0 saturated heterocycles. The number of esters is 1. The number of aromatic hydroxyl groups is 2. The van der Waals surface area contributed by atoms with Crippen molar-refractivity contribution in [2.24, 2.45) is 10.2 Å². The van der Waals surface area contributed by atoms with Crippen molar-refractivity contribution >= 4 is 17.3 Å². The highest BCUT2D eigenvalue weighted by atomic mass is 16.5. The summed E-state index contributed by atoms with van der Waals surface area (Å²) in [6.07, 6.45) is 0. The van der Waals surface area contributed by atoms with E-state index in [-0.39, 0.29) is 17.1 Å². The van der Waals surface area contributed by atoms with Crippen LogP contribution in [0.2, 0.25) is 0 Å². The number of hydrogen-bond donors (Lipinski definition) is 2. The number of rotatable bonds is 3. The van der Waals surface area contributed by atoms with E-state index in [1.165, 1.54) is 31.4 Å². The molecule has 2 aromatic rings. The zero-order valence-corrected chi connectivity index (χ0v) is 10.6. The first-order chi connectivity index (χ1) is 9.61. The second kappa shape index (κ2) is 5.83. The molecule has 0 aliphatic heterocycles. The van der Waals surface area contributed by atoms with Crippen molar-refractivity contribution in [3.05, 3.63) is 48.0 Å². The summed E-state index contributed by atoms with van der Waals surface area (Å²) in [5.74, 6) is -0.858. The van der Waals surface area contributed by atoms with Crippen LogP contribution in [0.25, 0.3) is 0 Å². The van der Waals surface area contributed by atoms with E-state index in [4.69, 9.17) is 0 Å². The van der Waals surface area contributed by atoms with Crippen LogP contribution in [0.15, 0.2) is 52.7 Å². The van der Waals surface area contributed by atoms with Gasteiger partial charge in [-0.2, -0.15) is 5.11 Å². The molecule has 0 atom stereocenters. The Bertz CT molecular complexity index is 668. The molecule has 0 amide bonds. The Morgan fingerprint density at radius 1 is 1.05 bits per heavy atom. The van der Waals surface area contributed by atoms with Gasteiger partial charge in [-0.3, -0.25) is 0 Å². The fourth-order valence-electron chi connectivity index (χ4n) is 1.52. The maximum absolute atomic E-state index is 11.4. The van der Waals surface area contributed by atoms with E-state index < -0.39 is 5.97 Å². The summed E-state index contributed by atoms with van der Waals surface area (Å²) in [5, 5.41) is 26.9. The van der Waals surface area contributed by atoms with Crippen molar-refractivity contribution in [1.29, 1.82) is 0 Å². The maximum atomic E-state index is 11.4. The van der Waals surface area contributed by atoms with Gasteiger partial charge in [0.1, 0.15) is 22.7 Å². The Balaban J connectivity index is 2.31. The monoisotopic (exact) mass is 272 g/mol. The molecule has 0 heterocycles. The average molecular weight is 272 g/mol. The number of phenolic OH excluding ortho intramolecular Hbond substituents is 2. The normalized spacial score (nSPS) is 10.7. The third-order valence-corrected chi connectivity index (χ3v) is 2.54. The molecular weight excluding hydrogens is 260 g/mol. The second-order valence-electron chi connectivity index (χ2n) is 3.88. The first-order valence-corrected chi connectivity index (χ1v) is 5.73. The Hall–Kier alpha value is -2.89. The highest BCUT2D eigenvalue weighted by Gasteiger charge is 2.12. The predicted octanol–water partition coefficient (Wildman–Crippen LogP) is 3.30. The van der Waals surface area contributed by atoms with E-state index in [0.29, 0.717) is 11.4 Å². The Morgan fingerprint density at radius 2 is 1.80 bits per heavy atom. The van der Waals surface area contributed by atoms with Gasteiger partial charge in [0.25, 0.3) is 0 Å². The van der Waals surface area contributed by atoms with Crippen LogP contribution in [-0.4, -0.2) is 23.3 Å². The van der Waals surface area contributed by atoms with Crippen LogP contribution < -0.4 is 0 Å². The van der Waals surface area contributed by atoms with Crippen molar-refractivity contribution in [2.75, 3.05) is 7.11 Å². The quantitative estimate of drug-likeness (QED) is 0.662. The van der Waals surface area contributed by atoms with Crippen molar-refractivity contribution < 1.29 is 19.7 Å². The van der Waals surface area contributed by atoms with Crippen LogP contribution in [0.3, 0.4) is 0 Å². The van der Waals surface area contributed by atoms with Gasteiger partial charge in [0.2, 0.25) is 0 Å². The molecule has 0 aromatic heterocycles. The molecule has 6 nitrogen and oxygen atoms in total. The van der Waals surface area contributed by atoms with Crippen LogP contribution in [-0.2, 0) is 4.74 Å². The van der Waals surface area contributed by atoms with Crippen molar-refractivity contribution in [1.82, 2.24) is 0 Å². The highest BCUT2D eigenvalue weighted by Crippen LogP contribution is 2.29. The van der Waals surface area contributed by atoms with Crippen LogP contribution in [0.4, 0.5) is 11.4 Å². The third-order valence-electron chi connectivity index (χ3n) is 2.54. The van der Waals surface area contributed by atoms with Crippen LogP contribution in [0, 0.1) is 0 Å². The number of ether oxygens (including phenoxy) is 1. The average Bonchev–Trinajstić information content (AvgIpc) is 2.47. The molecule has 0 fully saturated rings. The lowest BCUT2D eigenvalue weighted by Gasteiger charge is -2.03. The number of hydrogen-bond acceptors (Lipinski definition) is 6. The van der Waals surface area contributed by atoms with E-state index in [2.05, 4.69) is 15.0 Å². The topological polar surface area (TPSA) is 91.5 Å². The number of carbonyl (C=O) groups excluding carboxylic acids is 1. The summed E-state index contributed by atoms with van der Waals surface area (Å²) in [7, 11) is 1.22. The van der Waals surface area contributed by atoms with Gasteiger partial charge >= 0.3 is 5.97 Å². The minimum absolute atomic E-state index is 0.00114. The number of nitrogens with zero attached hydrogens (tertiary/aromatic N) is 2. The predicted molar refractivity (Wildman–Crippen MR) is 71.7 cm³/mol. The largest absolute Gasteiger partial charge is 0.507 e. The molecule has 102 valence electrons. The zero-order valence-electron chi connectivity index (χ0n) is 10.6. The Labute approximate surface area is 115 Å². The van der Waals surface area contributed by atoms with Crippen molar-refractivity contribution in [2.45, 2.75) is 0 Å². The van der Waals surface area contributed by atoms with Gasteiger partial charge < -0.3 is 14.9 Å². The van der Waals surface area contributed by atoms with Gasteiger partial charge in [0, 0.05) is 0 Å². The first-order valence-electron chi connectivity index (χ1n) is 5.73. The van der Waals surface area contributed by atoms with Crippen LogP contribution in [0.5, 0.6) is 11.5 Å². The first kappa shape index (κ1) is 13.5. The second-order valence-corrected chi connectivity index (χ2v) is 3.88. The molecule has 0 spiro atoms. The lowest BCUT2D eigenvalue weighted by atomic mass is 10.2. The van der Waals surface area contributed by atoms with E-state index in [1.807, 2.05) is 0 Å². The molecule has 0 bridgehead atoms. The van der Waals surface area contributed by atoms with Crippen LogP contribution in [0.1, 0.15) is 10.4 Å². The summed E-state index contributed by atoms with van der Waals surface area (Å²) in [6, 6.07) is 10.6. The number of phenols is 2. The molecule has 0 radical (unpaired) electrons. The minimum Gasteiger partial charge on any atom is -0.507 e. The van der Waals surface area contributed by atoms with E-state index in [0.717, 1.165) is 0 Å². The van der Waals surface area contributed by atoms with Gasteiger partial charge in [-0.25, -0.2) is 4.79 Å². The van der Waals surface area contributed by atoms with Crippen LogP contribution >= 0.6 is 0 Å². The molecule has 2 rings (SSSR count). The molecule has 20 heavy (non-hydrogen) atoms. The van der Waals surface area contributed by atoms with Gasteiger partial charge in [0.15, 0.2) is 0 Å². The lowest BCUT2D eigenvalue weighted by Crippen LogP contribution is -2.00. The Kier molecular flexibility index (Phi) is 3.95. The summed E-state index contributed by atoms with van der Waals surface area (Å²) in [4.78, 5) is 11.4. The van der Waals surface area contributed by atoms with Gasteiger partial charge in [-0.1, -0.05) is 12.1 Å². The summed E-state index contributed by atoms with van der Waals surface area (Å²) in [5.41, 5.74) is 0.660. The summed E-state index contributed by atoms with van der Waals surface area (Å²) < 4.78 is 4.54. The SMILES string of the molecule is COC(=O)c1cc(N=Nc2ccccc2O)ccc1O. The van der Waals surface area contributed by atoms with Crippen molar-refractivity contribution in [3.63, 3.8) is 0 Å². The standard InChI is InChI=1S/C14H12N2O4/c1-20-14(19)10-8-9(6-7-12(10)17)15-16-11-4-2-3-5-13(11)18/h2-8,17-18H,1H3. The molecule has 2 N–H and O–H groups in total. The minimum atomic E-state index is -0.665. The number of para-hydroxylation sites is 1. The highest BCUT2D eigenvalue weighted by molar-refractivity contribution is 5.93. The summed E-state index contributed by atoms with van der Waals surface area (Å²) >= 11 is 0. The number of azo groups is 1. The zero-order chi connectivity index (χ0) is 14.5. The molecule has 2 aromatic carbocycles. The van der Waals surface area contributed by atoms with Crippen molar-refractivity contribution in [3.8, 4) is 11.5 Å². The van der Waals surface area contributed by atoms with E-state index in [9.17, 15) is 15.0 Å². The van der Waals surface area contributed by atoms with Gasteiger partial charge in [-0.05, 0) is 30.3 Å². The number of methoxy groups -OCH3 is 1. The molecular formula is C14H12N2O4. The summed E-state index contributed by atoms with van der Waals surface area (Å²) in [6.45, 7) is 0. The Morgan fingerprint density at radius 3 is 2.50 bits per heavy atom.